The average molecular weight is 364 g/mol. The van der Waals surface area contributed by atoms with Crippen molar-refractivity contribution in [3.8, 4) is 0 Å². The van der Waals surface area contributed by atoms with Crippen LogP contribution in [-0.2, 0) is 14.4 Å². The molecule has 0 bridgehead atoms. The highest BCUT2D eigenvalue weighted by Gasteiger charge is 2.38. The third-order valence-corrected chi connectivity index (χ3v) is 5.20. The van der Waals surface area contributed by atoms with Gasteiger partial charge >= 0.3 is 0 Å². The molecule has 1 atom stereocenters. The third kappa shape index (κ3) is 3.63. The summed E-state index contributed by atoms with van der Waals surface area (Å²) in [5.74, 6) is -0.323. The summed E-state index contributed by atoms with van der Waals surface area (Å²) in [5, 5.41) is 0.629. The highest BCUT2D eigenvalue weighted by atomic mass is 35.5. The number of carbonyl (C=O) groups is 3. The maximum Gasteiger partial charge on any atom is 0.228 e. The van der Waals surface area contributed by atoms with Gasteiger partial charge in [0.15, 0.2) is 0 Å². The first kappa shape index (κ1) is 17.7. The number of anilines is 1. The van der Waals surface area contributed by atoms with Crippen molar-refractivity contribution < 1.29 is 14.4 Å². The number of hydrogen-bond donors (Lipinski definition) is 0. The van der Waals surface area contributed by atoms with Crippen LogP contribution in [0.5, 0.6) is 0 Å². The van der Waals surface area contributed by atoms with Gasteiger partial charge in [0.2, 0.25) is 17.7 Å². The summed E-state index contributed by atoms with van der Waals surface area (Å²) in [6.07, 6.45) is 0.230. The summed E-state index contributed by atoms with van der Waals surface area (Å²) in [6, 6.07) is 5.40. The minimum absolute atomic E-state index is 0.00525. The van der Waals surface area contributed by atoms with Gasteiger partial charge in [0.1, 0.15) is 0 Å². The molecule has 0 N–H and O–H groups in total. The molecule has 25 heavy (non-hydrogen) atoms. The van der Waals surface area contributed by atoms with Gasteiger partial charge in [0.05, 0.1) is 5.92 Å². The Balaban J connectivity index is 1.66. The van der Waals surface area contributed by atoms with E-state index in [1.165, 1.54) is 0 Å². The molecule has 0 spiro atoms. The van der Waals surface area contributed by atoms with Crippen molar-refractivity contribution in [2.75, 3.05) is 37.6 Å². The Hall–Kier alpha value is -2.08. The number of amides is 3. The van der Waals surface area contributed by atoms with Crippen molar-refractivity contribution in [2.24, 2.45) is 5.92 Å². The Bertz CT molecular complexity index is 714. The Morgan fingerprint density at radius 1 is 1.12 bits per heavy atom. The average Bonchev–Trinajstić information content (AvgIpc) is 2.96. The summed E-state index contributed by atoms with van der Waals surface area (Å²) in [4.78, 5) is 41.8. The molecule has 0 saturated carbocycles. The van der Waals surface area contributed by atoms with Gasteiger partial charge in [-0.2, -0.15) is 0 Å². The lowest BCUT2D eigenvalue weighted by Crippen LogP contribution is -2.51. The molecule has 2 heterocycles. The minimum atomic E-state index is -0.327. The predicted octanol–water partition coefficient (Wildman–Crippen LogP) is 1.69. The number of piperazine rings is 1. The van der Waals surface area contributed by atoms with Crippen LogP contribution in [0, 0.1) is 12.8 Å². The number of halogens is 1. The normalized spacial score (nSPS) is 21.0. The lowest BCUT2D eigenvalue weighted by atomic mass is 10.1. The van der Waals surface area contributed by atoms with E-state index in [-0.39, 0.29) is 30.1 Å². The van der Waals surface area contributed by atoms with Crippen LogP contribution in [0.2, 0.25) is 5.02 Å². The fraction of sp³-hybridized carbons (Fsp3) is 0.500. The first-order valence-electron chi connectivity index (χ1n) is 8.47. The molecule has 7 heteroatoms. The Kier molecular flexibility index (Phi) is 4.99. The molecule has 3 amide bonds. The molecule has 2 aliphatic heterocycles. The van der Waals surface area contributed by atoms with Gasteiger partial charge in [0.25, 0.3) is 0 Å². The lowest BCUT2D eigenvalue weighted by molar-refractivity contribution is -0.141. The first-order valence-corrected chi connectivity index (χ1v) is 8.85. The van der Waals surface area contributed by atoms with Gasteiger partial charge in [0, 0.05) is 56.8 Å². The molecule has 1 unspecified atom stereocenters. The van der Waals surface area contributed by atoms with Gasteiger partial charge in [-0.25, -0.2) is 0 Å². The first-order chi connectivity index (χ1) is 11.9. The van der Waals surface area contributed by atoms with Crippen LogP contribution in [0.1, 0.15) is 18.9 Å². The van der Waals surface area contributed by atoms with Crippen LogP contribution in [0.3, 0.4) is 0 Å². The fourth-order valence-electron chi connectivity index (χ4n) is 3.53. The van der Waals surface area contributed by atoms with Crippen molar-refractivity contribution >= 4 is 35.0 Å². The second kappa shape index (κ2) is 7.04. The molecule has 3 rings (SSSR count). The monoisotopic (exact) mass is 363 g/mol. The van der Waals surface area contributed by atoms with Crippen LogP contribution in [0.15, 0.2) is 18.2 Å². The van der Waals surface area contributed by atoms with E-state index in [1.807, 2.05) is 19.1 Å². The minimum Gasteiger partial charge on any atom is -0.339 e. The molecule has 1 aromatic rings. The smallest absolute Gasteiger partial charge is 0.228 e. The molecule has 6 nitrogen and oxygen atoms in total. The van der Waals surface area contributed by atoms with Crippen molar-refractivity contribution in [3.05, 3.63) is 28.8 Å². The van der Waals surface area contributed by atoms with Gasteiger partial charge in [-0.05, 0) is 30.7 Å². The largest absolute Gasteiger partial charge is 0.339 e. The second-order valence-corrected chi connectivity index (χ2v) is 7.10. The Morgan fingerprint density at radius 3 is 2.36 bits per heavy atom. The van der Waals surface area contributed by atoms with Gasteiger partial charge in [-0.1, -0.05) is 11.6 Å². The summed E-state index contributed by atoms with van der Waals surface area (Å²) < 4.78 is 0. The summed E-state index contributed by atoms with van der Waals surface area (Å²) in [7, 11) is 0. The summed E-state index contributed by atoms with van der Waals surface area (Å²) >= 11 is 5.98. The van der Waals surface area contributed by atoms with Gasteiger partial charge < -0.3 is 14.7 Å². The third-order valence-electron chi connectivity index (χ3n) is 4.96. The van der Waals surface area contributed by atoms with Crippen LogP contribution >= 0.6 is 11.6 Å². The molecular formula is C18H22ClN3O3. The van der Waals surface area contributed by atoms with Crippen LogP contribution in [-0.4, -0.2) is 60.2 Å². The standard InChI is InChI=1S/C18H22ClN3O3/c1-12-9-15(19)3-4-16(12)22-11-14(10-17(22)24)18(25)21-7-5-20(6-8-21)13(2)23/h3-4,9,14H,5-8,10-11H2,1-2H3. The highest BCUT2D eigenvalue weighted by molar-refractivity contribution is 6.30. The van der Waals surface area contributed by atoms with Crippen molar-refractivity contribution in [1.82, 2.24) is 9.80 Å². The highest BCUT2D eigenvalue weighted by Crippen LogP contribution is 2.30. The lowest BCUT2D eigenvalue weighted by Gasteiger charge is -2.35. The van der Waals surface area contributed by atoms with Gasteiger partial charge in [-0.15, -0.1) is 0 Å². The number of hydrogen-bond acceptors (Lipinski definition) is 3. The van der Waals surface area contributed by atoms with E-state index >= 15 is 0 Å². The molecule has 0 aromatic heterocycles. The van der Waals surface area contributed by atoms with E-state index in [4.69, 9.17) is 11.6 Å². The van der Waals surface area contributed by atoms with Crippen LogP contribution in [0.25, 0.3) is 0 Å². The zero-order chi connectivity index (χ0) is 18.1. The molecule has 2 aliphatic rings. The number of aryl methyl sites for hydroxylation is 1. The molecule has 0 aliphatic carbocycles. The Labute approximate surface area is 152 Å². The number of carbonyl (C=O) groups excluding carboxylic acids is 3. The van der Waals surface area contributed by atoms with Crippen molar-refractivity contribution in [2.45, 2.75) is 20.3 Å². The number of nitrogens with zero attached hydrogens (tertiary/aromatic N) is 3. The van der Waals surface area contributed by atoms with E-state index in [0.717, 1.165) is 11.3 Å². The van der Waals surface area contributed by atoms with Crippen LogP contribution < -0.4 is 4.90 Å². The fourth-order valence-corrected chi connectivity index (χ4v) is 3.75. The summed E-state index contributed by atoms with van der Waals surface area (Å²) in [6.45, 7) is 6.02. The van der Waals surface area contributed by atoms with E-state index < -0.39 is 0 Å². The second-order valence-electron chi connectivity index (χ2n) is 6.67. The molecule has 0 radical (unpaired) electrons. The van der Waals surface area contributed by atoms with Crippen LogP contribution in [0.4, 0.5) is 5.69 Å². The summed E-state index contributed by atoms with van der Waals surface area (Å²) in [5.41, 5.74) is 1.73. The molecule has 1 aromatic carbocycles. The number of benzene rings is 1. The molecular weight excluding hydrogens is 342 g/mol. The molecule has 134 valence electrons. The van der Waals surface area contributed by atoms with Crippen molar-refractivity contribution in [1.29, 1.82) is 0 Å². The zero-order valence-corrected chi connectivity index (χ0v) is 15.3. The maximum atomic E-state index is 12.8. The zero-order valence-electron chi connectivity index (χ0n) is 14.5. The maximum absolute atomic E-state index is 12.8. The van der Waals surface area contributed by atoms with Gasteiger partial charge in [-0.3, -0.25) is 14.4 Å². The van der Waals surface area contributed by atoms with E-state index in [2.05, 4.69) is 0 Å². The molecule has 2 saturated heterocycles. The van der Waals surface area contributed by atoms with E-state index in [1.54, 1.807) is 27.7 Å². The predicted molar refractivity (Wildman–Crippen MR) is 95.5 cm³/mol. The topological polar surface area (TPSA) is 60.9 Å². The molecule has 2 fully saturated rings. The van der Waals surface area contributed by atoms with Crippen molar-refractivity contribution in [3.63, 3.8) is 0 Å². The number of rotatable bonds is 2. The van der Waals surface area contributed by atoms with E-state index in [9.17, 15) is 14.4 Å². The SMILES string of the molecule is CC(=O)N1CCN(C(=O)C2CC(=O)N(c3ccc(Cl)cc3C)C2)CC1. The quantitative estimate of drug-likeness (QED) is 0.803. The van der Waals surface area contributed by atoms with E-state index in [0.29, 0.717) is 37.7 Å². The Morgan fingerprint density at radius 2 is 1.76 bits per heavy atom.